The van der Waals surface area contributed by atoms with Gasteiger partial charge in [-0.2, -0.15) is 0 Å². The van der Waals surface area contributed by atoms with Crippen molar-refractivity contribution < 1.29 is 4.79 Å². The van der Waals surface area contributed by atoms with Gasteiger partial charge in [-0.25, -0.2) is 4.98 Å². The van der Waals surface area contributed by atoms with Gasteiger partial charge in [0.25, 0.3) is 0 Å². The number of likely N-dealkylation sites (tertiary alicyclic amines) is 1. The minimum absolute atomic E-state index is 0.0184. The number of carbonyl (C=O) groups excluding carboxylic acids is 1. The molecular weight excluding hydrogens is 348 g/mol. The van der Waals surface area contributed by atoms with Gasteiger partial charge in [0, 0.05) is 36.9 Å². The molecule has 1 aliphatic rings. The second-order valence-corrected chi connectivity index (χ2v) is 7.07. The van der Waals surface area contributed by atoms with Gasteiger partial charge in [-0.15, -0.1) is 16.6 Å². The summed E-state index contributed by atoms with van der Waals surface area (Å²) in [4.78, 5) is 21.6. The van der Waals surface area contributed by atoms with Crippen LogP contribution in [0.15, 0.2) is 24.0 Å². The number of aromatic nitrogens is 4. The van der Waals surface area contributed by atoms with E-state index in [-0.39, 0.29) is 18.4 Å². The number of hydrogen-bond acceptors (Lipinski definition) is 6. The summed E-state index contributed by atoms with van der Waals surface area (Å²) in [6.07, 6.45) is 11.1. The molecule has 0 saturated carbocycles. The topological polar surface area (TPSA) is 86.8 Å². The molecule has 4 heterocycles. The third kappa shape index (κ3) is 3.13. The van der Waals surface area contributed by atoms with Crippen LogP contribution in [0.1, 0.15) is 19.3 Å². The molecule has 1 saturated heterocycles. The summed E-state index contributed by atoms with van der Waals surface area (Å²) in [5.41, 5.74) is 4.43. The number of fused-ring (bicyclic) bond motifs is 1. The van der Waals surface area contributed by atoms with Crippen LogP contribution in [-0.4, -0.2) is 50.1 Å². The van der Waals surface area contributed by atoms with Crippen molar-refractivity contribution in [3.8, 4) is 22.9 Å². The zero-order chi connectivity index (χ0) is 17.9. The highest BCUT2D eigenvalue weighted by Gasteiger charge is 2.25. The molecule has 7 nitrogen and oxygen atoms in total. The van der Waals surface area contributed by atoms with Gasteiger partial charge < -0.3 is 15.2 Å². The van der Waals surface area contributed by atoms with Crippen molar-refractivity contribution >= 4 is 34.0 Å². The Kier molecular flexibility index (Phi) is 4.54. The van der Waals surface area contributed by atoms with Gasteiger partial charge in [0.05, 0.1) is 17.7 Å². The van der Waals surface area contributed by atoms with Crippen LogP contribution in [0.5, 0.6) is 0 Å². The fourth-order valence-corrected chi connectivity index (χ4v) is 3.91. The molecule has 0 aliphatic carbocycles. The Morgan fingerprint density at radius 1 is 1.54 bits per heavy atom. The van der Waals surface area contributed by atoms with Gasteiger partial charge in [-0.3, -0.25) is 4.79 Å². The third-order valence-corrected chi connectivity index (χ3v) is 5.28. The molecule has 3 aromatic rings. The largest absolute Gasteiger partial charge is 0.379 e. The van der Waals surface area contributed by atoms with Gasteiger partial charge in [-0.05, 0) is 18.9 Å². The van der Waals surface area contributed by atoms with Crippen LogP contribution in [0.3, 0.4) is 0 Å². The number of hydrogen-bond donors (Lipinski definition) is 2. The monoisotopic (exact) mass is 366 g/mol. The number of aromatic amines is 1. The Balaban J connectivity index is 1.64. The summed E-state index contributed by atoms with van der Waals surface area (Å²) in [6.45, 7) is 1.40. The van der Waals surface area contributed by atoms with E-state index in [9.17, 15) is 4.79 Å². The number of carbonyl (C=O) groups is 1. The summed E-state index contributed by atoms with van der Waals surface area (Å²) in [5.74, 6) is 2.46. The summed E-state index contributed by atoms with van der Waals surface area (Å²) >= 11 is 1.48. The van der Waals surface area contributed by atoms with Gasteiger partial charge in [-0.1, -0.05) is 17.3 Å². The van der Waals surface area contributed by atoms with E-state index >= 15 is 0 Å². The highest BCUT2D eigenvalue weighted by atomic mass is 32.1. The molecule has 1 atom stereocenters. The Hall–Kier alpha value is -2.92. The van der Waals surface area contributed by atoms with Crippen molar-refractivity contribution in [2.24, 2.45) is 0 Å². The molecule has 2 N–H and O–H groups in total. The number of terminal acetylenes is 1. The first-order valence-electron chi connectivity index (χ1n) is 8.46. The van der Waals surface area contributed by atoms with E-state index in [4.69, 9.17) is 6.42 Å². The molecule has 0 aromatic carbocycles. The van der Waals surface area contributed by atoms with Crippen molar-refractivity contribution in [3.05, 3.63) is 24.0 Å². The van der Waals surface area contributed by atoms with Crippen molar-refractivity contribution in [1.82, 2.24) is 25.1 Å². The maximum absolute atomic E-state index is 12.1. The van der Waals surface area contributed by atoms with Crippen LogP contribution < -0.4 is 5.32 Å². The molecule has 132 valence electrons. The molecule has 8 heteroatoms. The molecule has 26 heavy (non-hydrogen) atoms. The standard InChI is InChI=1S/C18H18N6OS/c1-2-4-15(25)24-8-3-5-12(10-24)22-16-13-6-7-19-17(13)20-9-14(16)18-23-21-11-26-18/h1,6-7,9,11-12H,3-5,8,10H2,(H2,19,20,22)/t12-/m1/s1. The Morgan fingerprint density at radius 2 is 2.46 bits per heavy atom. The molecule has 0 radical (unpaired) electrons. The predicted molar refractivity (Wildman–Crippen MR) is 102 cm³/mol. The van der Waals surface area contributed by atoms with E-state index in [0.29, 0.717) is 6.54 Å². The zero-order valence-electron chi connectivity index (χ0n) is 14.1. The summed E-state index contributed by atoms with van der Waals surface area (Å²) in [5, 5.41) is 13.6. The molecule has 0 unspecified atom stereocenters. The quantitative estimate of drug-likeness (QED) is 0.693. The molecular formula is C18H18N6OS. The van der Waals surface area contributed by atoms with E-state index in [1.165, 1.54) is 11.3 Å². The summed E-state index contributed by atoms with van der Waals surface area (Å²) < 4.78 is 0. The molecule has 1 fully saturated rings. The van der Waals surface area contributed by atoms with Crippen LogP contribution in [0.4, 0.5) is 5.69 Å². The fraction of sp³-hybridized carbons (Fsp3) is 0.333. The number of piperidine rings is 1. The van der Waals surface area contributed by atoms with Crippen LogP contribution in [0, 0.1) is 12.3 Å². The average Bonchev–Trinajstić information content (AvgIpc) is 3.34. The average molecular weight is 366 g/mol. The lowest BCUT2D eigenvalue weighted by molar-refractivity contribution is -0.131. The van der Waals surface area contributed by atoms with Gasteiger partial charge in [0.1, 0.15) is 11.2 Å². The van der Waals surface area contributed by atoms with Crippen molar-refractivity contribution in [3.63, 3.8) is 0 Å². The maximum atomic E-state index is 12.1. The highest BCUT2D eigenvalue weighted by molar-refractivity contribution is 7.12. The van der Waals surface area contributed by atoms with Gasteiger partial charge in [0.15, 0.2) is 5.01 Å². The lowest BCUT2D eigenvalue weighted by Gasteiger charge is -2.34. The smallest absolute Gasteiger partial charge is 0.234 e. The van der Waals surface area contributed by atoms with E-state index in [1.807, 2.05) is 23.4 Å². The Morgan fingerprint density at radius 3 is 3.27 bits per heavy atom. The van der Waals surface area contributed by atoms with E-state index in [1.54, 1.807) is 5.51 Å². The fourth-order valence-electron chi connectivity index (χ4n) is 3.34. The molecule has 1 amide bonds. The van der Waals surface area contributed by atoms with Crippen molar-refractivity contribution in [2.75, 3.05) is 18.4 Å². The van der Waals surface area contributed by atoms with Crippen LogP contribution in [-0.2, 0) is 4.79 Å². The van der Waals surface area contributed by atoms with Crippen LogP contribution in [0.25, 0.3) is 21.6 Å². The Bertz CT molecular complexity index is 958. The molecule has 4 rings (SSSR count). The normalized spacial score (nSPS) is 17.2. The van der Waals surface area contributed by atoms with E-state index in [2.05, 4.69) is 31.4 Å². The molecule has 3 aromatic heterocycles. The van der Waals surface area contributed by atoms with Gasteiger partial charge >= 0.3 is 0 Å². The van der Waals surface area contributed by atoms with Crippen molar-refractivity contribution in [2.45, 2.75) is 25.3 Å². The number of nitrogens with one attached hydrogen (secondary N) is 2. The number of pyridine rings is 1. The number of rotatable bonds is 4. The number of amides is 1. The van der Waals surface area contributed by atoms with E-state index in [0.717, 1.165) is 46.7 Å². The van der Waals surface area contributed by atoms with Crippen LogP contribution >= 0.6 is 11.3 Å². The van der Waals surface area contributed by atoms with Crippen LogP contribution in [0.2, 0.25) is 0 Å². The van der Waals surface area contributed by atoms with Crippen molar-refractivity contribution in [1.29, 1.82) is 0 Å². The first-order valence-corrected chi connectivity index (χ1v) is 9.34. The summed E-state index contributed by atoms with van der Waals surface area (Å²) in [7, 11) is 0. The number of H-pyrrole nitrogens is 1. The number of nitrogens with zero attached hydrogens (tertiary/aromatic N) is 4. The second kappa shape index (κ2) is 7.14. The first-order chi connectivity index (χ1) is 12.8. The predicted octanol–water partition coefficient (Wildman–Crippen LogP) is 2.51. The Labute approximate surface area is 154 Å². The SMILES string of the molecule is C#CCC(=O)N1CCC[C@@H](Nc2c(-c3nncs3)cnc3[nH]ccc23)C1. The minimum Gasteiger partial charge on any atom is -0.379 e. The molecule has 0 spiro atoms. The maximum Gasteiger partial charge on any atom is 0.234 e. The third-order valence-electron chi connectivity index (χ3n) is 4.55. The zero-order valence-corrected chi connectivity index (χ0v) is 14.9. The molecule has 1 aliphatic heterocycles. The highest BCUT2D eigenvalue weighted by Crippen LogP contribution is 2.35. The number of anilines is 1. The first kappa shape index (κ1) is 16.5. The molecule has 0 bridgehead atoms. The van der Waals surface area contributed by atoms with Gasteiger partial charge in [0.2, 0.25) is 5.91 Å². The lowest BCUT2D eigenvalue weighted by Crippen LogP contribution is -2.45. The summed E-state index contributed by atoms with van der Waals surface area (Å²) in [6, 6.07) is 2.15. The second-order valence-electron chi connectivity index (χ2n) is 6.23. The van der Waals surface area contributed by atoms with E-state index < -0.39 is 0 Å². The minimum atomic E-state index is 0.0184. The lowest BCUT2D eigenvalue weighted by atomic mass is 10.0.